The third-order valence-corrected chi connectivity index (χ3v) is 6.50. The standard InChI is InChI=1S/C20H26N2O3S/c1-2-21(16-18-7-4-3-5-8-18)17-19-9-6-10-20(15-19)26(23,24)22-11-13-25-14-12-22/h3-10,15H,2,11-14,16-17H2,1H3. The summed E-state index contributed by atoms with van der Waals surface area (Å²) in [6.07, 6.45) is 0. The fraction of sp³-hybridized carbons (Fsp3) is 0.400. The first kappa shape index (κ1) is 19.0. The third kappa shape index (κ3) is 4.71. The molecule has 3 rings (SSSR count). The van der Waals surface area contributed by atoms with Gasteiger partial charge in [-0.25, -0.2) is 8.42 Å². The lowest BCUT2D eigenvalue weighted by Crippen LogP contribution is -2.40. The van der Waals surface area contributed by atoms with Crippen molar-refractivity contribution in [1.82, 2.24) is 9.21 Å². The Labute approximate surface area is 156 Å². The number of benzene rings is 2. The number of ether oxygens (including phenoxy) is 1. The third-order valence-electron chi connectivity index (χ3n) is 4.61. The van der Waals surface area contributed by atoms with Crippen molar-refractivity contribution in [2.75, 3.05) is 32.8 Å². The van der Waals surface area contributed by atoms with Crippen molar-refractivity contribution in [2.45, 2.75) is 24.9 Å². The van der Waals surface area contributed by atoms with E-state index >= 15 is 0 Å². The first-order chi connectivity index (χ1) is 12.6. The van der Waals surface area contributed by atoms with Crippen LogP contribution in [0.2, 0.25) is 0 Å². The van der Waals surface area contributed by atoms with Gasteiger partial charge in [-0.3, -0.25) is 4.90 Å². The molecule has 0 amide bonds. The first-order valence-electron chi connectivity index (χ1n) is 9.02. The summed E-state index contributed by atoms with van der Waals surface area (Å²) in [7, 11) is -3.45. The number of sulfonamides is 1. The molecule has 0 aromatic heterocycles. The van der Waals surface area contributed by atoms with Gasteiger partial charge in [0.1, 0.15) is 0 Å². The van der Waals surface area contributed by atoms with E-state index in [0.717, 1.165) is 25.2 Å². The molecule has 0 N–H and O–H groups in total. The Morgan fingerprint density at radius 2 is 1.62 bits per heavy atom. The molecule has 0 saturated carbocycles. The van der Waals surface area contributed by atoms with Crippen LogP contribution in [0.15, 0.2) is 59.5 Å². The molecule has 140 valence electrons. The van der Waals surface area contributed by atoms with Gasteiger partial charge in [-0.15, -0.1) is 0 Å². The summed E-state index contributed by atoms with van der Waals surface area (Å²) in [5.74, 6) is 0. The maximum atomic E-state index is 12.8. The zero-order valence-corrected chi connectivity index (χ0v) is 16.0. The Bertz CT molecular complexity index is 803. The van der Waals surface area contributed by atoms with Gasteiger partial charge in [-0.2, -0.15) is 4.31 Å². The summed E-state index contributed by atoms with van der Waals surface area (Å²) in [5, 5.41) is 0. The molecule has 1 saturated heterocycles. The minimum absolute atomic E-state index is 0.368. The highest BCUT2D eigenvalue weighted by Gasteiger charge is 2.26. The molecule has 1 aliphatic heterocycles. The maximum Gasteiger partial charge on any atom is 0.243 e. The van der Waals surface area contributed by atoms with Crippen molar-refractivity contribution >= 4 is 10.0 Å². The first-order valence-corrected chi connectivity index (χ1v) is 10.5. The molecular formula is C20H26N2O3S. The Morgan fingerprint density at radius 1 is 0.962 bits per heavy atom. The Balaban J connectivity index is 1.73. The molecule has 5 nitrogen and oxygen atoms in total. The van der Waals surface area contributed by atoms with Crippen LogP contribution in [0.5, 0.6) is 0 Å². The number of hydrogen-bond acceptors (Lipinski definition) is 4. The van der Waals surface area contributed by atoms with Crippen molar-refractivity contribution < 1.29 is 13.2 Å². The molecular weight excluding hydrogens is 348 g/mol. The highest BCUT2D eigenvalue weighted by Crippen LogP contribution is 2.19. The monoisotopic (exact) mass is 374 g/mol. The number of rotatable bonds is 7. The molecule has 0 spiro atoms. The van der Waals surface area contributed by atoms with E-state index in [9.17, 15) is 8.42 Å². The molecule has 1 aliphatic rings. The van der Waals surface area contributed by atoms with Crippen molar-refractivity contribution in [3.63, 3.8) is 0 Å². The van der Waals surface area contributed by atoms with Crippen molar-refractivity contribution in [1.29, 1.82) is 0 Å². The van der Waals surface area contributed by atoms with E-state index in [0.29, 0.717) is 31.2 Å². The van der Waals surface area contributed by atoms with E-state index in [1.165, 1.54) is 9.87 Å². The number of nitrogens with zero attached hydrogens (tertiary/aromatic N) is 2. The van der Waals surface area contributed by atoms with Crippen LogP contribution in [0.25, 0.3) is 0 Å². The Morgan fingerprint density at radius 3 is 2.31 bits per heavy atom. The summed E-state index contributed by atoms with van der Waals surface area (Å²) in [5.41, 5.74) is 2.27. The molecule has 0 bridgehead atoms. The molecule has 0 radical (unpaired) electrons. The second kappa shape index (κ2) is 8.77. The van der Waals surface area contributed by atoms with Gasteiger partial charge in [-0.05, 0) is 29.8 Å². The molecule has 1 fully saturated rings. The fourth-order valence-corrected chi connectivity index (χ4v) is 4.60. The summed E-state index contributed by atoms with van der Waals surface area (Å²) in [6, 6.07) is 17.6. The van der Waals surface area contributed by atoms with Gasteiger partial charge in [0.05, 0.1) is 18.1 Å². The predicted molar refractivity (Wildman–Crippen MR) is 102 cm³/mol. The van der Waals surface area contributed by atoms with Crippen molar-refractivity contribution in [2.24, 2.45) is 0 Å². The van der Waals surface area contributed by atoms with Gasteiger partial charge < -0.3 is 4.74 Å². The second-order valence-corrected chi connectivity index (χ2v) is 8.39. The van der Waals surface area contributed by atoms with Gasteiger partial charge in [0, 0.05) is 26.2 Å². The summed E-state index contributed by atoms with van der Waals surface area (Å²) in [6.45, 7) is 6.34. The van der Waals surface area contributed by atoms with E-state index in [1.807, 2.05) is 30.3 Å². The summed E-state index contributed by atoms with van der Waals surface area (Å²) in [4.78, 5) is 2.67. The molecule has 1 heterocycles. The van der Waals surface area contributed by atoms with Gasteiger partial charge in [0.2, 0.25) is 10.0 Å². The maximum absolute atomic E-state index is 12.8. The van der Waals surface area contributed by atoms with E-state index in [4.69, 9.17) is 4.74 Å². The van der Waals surface area contributed by atoms with Crippen LogP contribution in [-0.2, 0) is 27.8 Å². The van der Waals surface area contributed by atoms with Crippen molar-refractivity contribution in [3.05, 3.63) is 65.7 Å². The number of morpholine rings is 1. The smallest absolute Gasteiger partial charge is 0.243 e. The van der Waals surface area contributed by atoms with Gasteiger partial charge in [0.25, 0.3) is 0 Å². The second-order valence-electron chi connectivity index (χ2n) is 6.45. The lowest BCUT2D eigenvalue weighted by atomic mass is 10.1. The van der Waals surface area contributed by atoms with Gasteiger partial charge in [0.15, 0.2) is 0 Å². The molecule has 0 atom stereocenters. The van der Waals surface area contributed by atoms with Crippen LogP contribution < -0.4 is 0 Å². The van der Waals surface area contributed by atoms with Crippen LogP contribution in [0.4, 0.5) is 0 Å². The van der Waals surface area contributed by atoms with E-state index in [1.54, 1.807) is 12.1 Å². The quantitative estimate of drug-likeness (QED) is 0.748. The van der Waals surface area contributed by atoms with Crippen LogP contribution in [0.1, 0.15) is 18.1 Å². The Hall–Kier alpha value is -1.73. The zero-order chi connectivity index (χ0) is 18.4. The van der Waals surface area contributed by atoms with Gasteiger partial charge in [-0.1, -0.05) is 49.4 Å². The van der Waals surface area contributed by atoms with Crippen LogP contribution in [0.3, 0.4) is 0 Å². The van der Waals surface area contributed by atoms with E-state index in [-0.39, 0.29) is 0 Å². The van der Waals surface area contributed by atoms with Crippen molar-refractivity contribution in [3.8, 4) is 0 Å². The SMILES string of the molecule is CCN(Cc1ccccc1)Cc1cccc(S(=O)(=O)N2CCOCC2)c1. The summed E-state index contributed by atoms with van der Waals surface area (Å²) < 4.78 is 32.5. The topological polar surface area (TPSA) is 49.9 Å². The lowest BCUT2D eigenvalue weighted by Gasteiger charge is -2.26. The largest absolute Gasteiger partial charge is 0.379 e. The average Bonchev–Trinajstić information content (AvgIpc) is 2.69. The van der Waals surface area contributed by atoms with E-state index in [2.05, 4.69) is 24.0 Å². The van der Waals surface area contributed by atoms with Crippen LogP contribution >= 0.6 is 0 Å². The molecule has 0 unspecified atom stereocenters. The lowest BCUT2D eigenvalue weighted by molar-refractivity contribution is 0.0730. The predicted octanol–water partition coefficient (Wildman–Crippen LogP) is 2.73. The minimum Gasteiger partial charge on any atom is -0.379 e. The molecule has 2 aromatic carbocycles. The Kier molecular flexibility index (Phi) is 6.43. The highest BCUT2D eigenvalue weighted by atomic mass is 32.2. The normalized spacial score (nSPS) is 16.1. The molecule has 26 heavy (non-hydrogen) atoms. The molecule has 2 aromatic rings. The van der Waals surface area contributed by atoms with Crippen LogP contribution in [-0.4, -0.2) is 50.5 Å². The zero-order valence-electron chi connectivity index (χ0n) is 15.2. The minimum atomic E-state index is -3.45. The molecule has 6 heteroatoms. The number of hydrogen-bond donors (Lipinski definition) is 0. The van der Waals surface area contributed by atoms with E-state index < -0.39 is 10.0 Å². The van der Waals surface area contributed by atoms with Gasteiger partial charge >= 0.3 is 0 Å². The summed E-state index contributed by atoms with van der Waals surface area (Å²) >= 11 is 0. The van der Waals surface area contributed by atoms with Crippen LogP contribution in [0, 0.1) is 0 Å². The molecule has 0 aliphatic carbocycles. The fourth-order valence-electron chi connectivity index (χ4n) is 3.12. The average molecular weight is 375 g/mol. The highest BCUT2D eigenvalue weighted by molar-refractivity contribution is 7.89.